The van der Waals surface area contributed by atoms with Crippen molar-refractivity contribution in [2.24, 2.45) is 0 Å². The van der Waals surface area contributed by atoms with E-state index in [1.165, 1.54) is 47.2 Å². The lowest BCUT2D eigenvalue weighted by Gasteiger charge is -2.18. The molecule has 0 aromatic heterocycles. The molecule has 2 aromatic rings. The molecule has 0 saturated carbocycles. The third kappa shape index (κ3) is 5.58. The first kappa shape index (κ1) is 17.2. The van der Waals surface area contributed by atoms with Crippen molar-refractivity contribution in [3.8, 4) is 0 Å². The number of aryl methyl sites for hydroxylation is 4. The highest BCUT2D eigenvalue weighted by Crippen LogP contribution is 2.15. The molecule has 2 rings (SSSR count). The summed E-state index contributed by atoms with van der Waals surface area (Å²) in [6.07, 6.45) is 2.60. The Labute approximate surface area is 139 Å². The number of benzene rings is 2. The Kier molecular flexibility index (Phi) is 6.65. The average molecular weight is 327 g/mol. The molecule has 0 bridgehead atoms. The summed E-state index contributed by atoms with van der Waals surface area (Å²) >= 11 is 0. The summed E-state index contributed by atoms with van der Waals surface area (Å²) in [5.74, 6) is 0. The van der Waals surface area contributed by atoms with Gasteiger partial charge in [0.15, 0.2) is 0 Å². The maximum atomic E-state index is 2.57. The Morgan fingerprint density at radius 1 is 0.636 bits per heavy atom. The van der Waals surface area contributed by atoms with Crippen LogP contribution in [0.2, 0.25) is 25.2 Å². The molecule has 0 amide bonds. The van der Waals surface area contributed by atoms with E-state index >= 15 is 0 Å². The Bertz CT molecular complexity index is 506. The molecule has 0 N–H and O–H groups in total. The van der Waals surface area contributed by atoms with Crippen molar-refractivity contribution >= 4 is 16.6 Å². The highest BCUT2D eigenvalue weighted by molar-refractivity contribution is 7.21. The molecule has 0 atom stereocenters. The summed E-state index contributed by atoms with van der Waals surface area (Å²) in [6, 6.07) is 21.3. The van der Waals surface area contributed by atoms with E-state index < -0.39 is 16.6 Å². The van der Waals surface area contributed by atoms with E-state index in [0.29, 0.717) is 0 Å². The van der Waals surface area contributed by atoms with Gasteiger partial charge in [-0.05, 0) is 37.8 Å². The average Bonchev–Trinajstić information content (AvgIpc) is 2.50. The molecule has 118 valence electrons. The first-order chi connectivity index (χ1) is 10.5. The monoisotopic (exact) mass is 326 g/mol. The largest absolute Gasteiger partial charge is 0.0743 e. The second-order valence-corrected chi connectivity index (χ2v) is 19.0. The minimum Gasteiger partial charge on any atom is -0.0743 e. The van der Waals surface area contributed by atoms with Crippen LogP contribution in [0.4, 0.5) is 0 Å². The van der Waals surface area contributed by atoms with Gasteiger partial charge in [0, 0.05) is 16.6 Å². The summed E-state index contributed by atoms with van der Waals surface area (Å²) in [5.41, 5.74) is 5.81. The molecule has 22 heavy (non-hydrogen) atoms. The van der Waals surface area contributed by atoms with E-state index in [0.717, 1.165) is 0 Å². The van der Waals surface area contributed by atoms with Crippen molar-refractivity contribution < 1.29 is 0 Å². The first-order valence-electron chi connectivity index (χ1n) is 8.65. The predicted molar refractivity (Wildman–Crippen MR) is 105 cm³/mol. The van der Waals surface area contributed by atoms with Gasteiger partial charge in [-0.25, -0.2) is 0 Å². The Morgan fingerprint density at radius 3 is 1.32 bits per heavy atom. The van der Waals surface area contributed by atoms with Crippen molar-refractivity contribution in [3.05, 3.63) is 70.8 Å². The summed E-state index contributed by atoms with van der Waals surface area (Å²) < 4.78 is 0. The van der Waals surface area contributed by atoms with E-state index in [1.807, 2.05) is 0 Å². The van der Waals surface area contributed by atoms with Gasteiger partial charge < -0.3 is 0 Å². The van der Waals surface area contributed by atoms with Gasteiger partial charge in [-0.3, -0.25) is 0 Å². The minimum absolute atomic E-state index is 0.449. The van der Waals surface area contributed by atoms with Crippen molar-refractivity contribution in [2.75, 3.05) is 0 Å². The molecule has 0 heterocycles. The van der Waals surface area contributed by atoms with Crippen LogP contribution in [0.3, 0.4) is 0 Å². The van der Waals surface area contributed by atoms with Gasteiger partial charge in [0.25, 0.3) is 0 Å². The van der Waals surface area contributed by atoms with Gasteiger partial charge in [-0.2, -0.15) is 0 Å². The fourth-order valence-electron chi connectivity index (χ4n) is 3.02. The Balaban J connectivity index is 1.86. The van der Waals surface area contributed by atoms with Gasteiger partial charge in [-0.15, -0.1) is 0 Å². The standard InChI is InChI=1S/C20H30Si2/c1-17-5-9-19(10-6-17)13-15-22(21(3)4)16-14-20-11-7-18(2)8-12-20/h5-12,21-22H,13-16H2,1-4H3. The van der Waals surface area contributed by atoms with Crippen molar-refractivity contribution in [1.29, 1.82) is 0 Å². The zero-order valence-electron chi connectivity index (χ0n) is 14.6. The molecule has 0 unspecified atom stereocenters. The van der Waals surface area contributed by atoms with Crippen LogP contribution >= 0.6 is 0 Å². The molecule has 0 aliphatic rings. The van der Waals surface area contributed by atoms with Crippen LogP contribution in [0.15, 0.2) is 48.5 Å². The molecule has 0 nitrogen and oxygen atoms in total. The van der Waals surface area contributed by atoms with Gasteiger partial charge in [0.1, 0.15) is 0 Å². The molecular formula is C20H30Si2. The van der Waals surface area contributed by atoms with Crippen LogP contribution in [0, 0.1) is 13.8 Å². The zero-order chi connectivity index (χ0) is 15.9. The van der Waals surface area contributed by atoms with E-state index in [4.69, 9.17) is 0 Å². The Morgan fingerprint density at radius 2 is 1.00 bits per heavy atom. The second-order valence-electron chi connectivity index (χ2n) is 7.05. The van der Waals surface area contributed by atoms with Crippen LogP contribution < -0.4 is 0 Å². The first-order valence-corrected chi connectivity index (χ1v) is 15.3. The highest BCUT2D eigenvalue weighted by atomic mass is 29.2. The number of rotatable bonds is 7. The molecule has 2 heteroatoms. The van der Waals surface area contributed by atoms with Gasteiger partial charge in [0.05, 0.1) is 0 Å². The van der Waals surface area contributed by atoms with Crippen LogP contribution in [0.5, 0.6) is 0 Å². The molecule has 0 spiro atoms. The van der Waals surface area contributed by atoms with Crippen LogP contribution in [-0.2, 0) is 12.8 Å². The molecule has 0 saturated heterocycles. The molecule has 0 radical (unpaired) electrons. The summed E-state index contributed by atoms with van der Waals surface area (Å²) in [6.45, 7) is 9.48. The lowest BCUT2D eigenvalue weighted by molar-refractivity contribution is 1.06. The third-order valence-corrected chi connectivity index (χ3v) is 16.4. The topological polar surface area (TPSA) is 0 Å². The number of hydrogen-bond acceptors (Lipinski definition) is 0. The third-order valence-electron chi connectivity index (χ3n) is 4.79. The fourth-order valence-corrected chi connectivity index (χ4v) is 11.1. The summed E-state index contributed by atoms with van der Waals surface area (Å²) in [4.78, 5) is 0. The lowest BCUT2D eigenvalue weighted by Crippen LogP contribution is -2.30. The van der Waals surface area contributed by atoms with Crippen LogP contribution in [0.1, 0.15) is 22.3 Å². The van der Waals surface area contributed by atoms with Crippen molar-refractivity contribution in [1.82, 2.24) is 0 Å². The smallest absolute Gasteiger partial charge is 0.0281 e. The molecular weight excluding hydrogens is 296 g/mol. The predicted octanol–water partition coefficient (Wildman–Crippen LogP) is 4.88. The van der Waals surface area contributed by atoms with Gasteiger partial charge >= 0.3 is 0 Å². The summed E-state index contributed by atoms with van der Waals surface area (Å²) in [7, 11) is -0.981. The molecule has 0 aliphatic heterocycles. The maximum Gasteiger partial charge on any atom is 0.0281 e. The SMILES string of the molecule is Cc1ccc(CC[SiH](CCc2ccc(C)cc2)[SiH](C)C)cc1. The van der Waals surface area contributed by atoms with E-state index in [1.54, 1.807) is 0 Å². The van der Waals surface area contributed by atoms with Crippen molar-refractivity contribution in [3.63, 3.8) is 0 Å². The number of hydrogen-bond donors (Lipinski definition) is 0. The van der Waals surface area contributed by atoms with E-state index in [-0.39, 0.29) is 0 Å². The highest BCUT2D eigenvalue weighted by Gasteiger charge is 2.16. The van der Waals surface area contributed by atoms with Gasteiger partial charge in [-0.1, -0.05) is 84.8 Å². The van der Waals surface area contributed by atoms with Crippen LogP contribution in [0.25, 0.3) is 0 Å². The molecule has 2 aromatic carbocycles. The maximum absolute atomic E-state index is 2.57. The quantitative estimate of drug-likeness (QED) is 0.636. The lowest BCUT2D eigenvalue weighted by atomic mass is 10.1. The Hall–Kier alpha value is -1.13. The molecule has 0 fully saturated rings. The molecule has 0 aliphatic carbocycles. The van der Waals surface area contributed by atoms with E-state index in [9.17, 15) is 0 Å². The minimum atomic E-state index is -0.532. The summed E-state index contributed by atoms with van der Waals surface area (Å²) in [5, 5.41) is 0. The van der Waals surface area contributed by atoms with Crippen LogP contribution in [-0.4, -0.2) is 16.6 Å². The fraction of sp³-hybridized carbons (Fsp3) is 0.400. The second kappa shape index (κ2) is 8.49. The zero-order valence-corrected chi connectivity index (χ0v) is 16.9. The normalized spacial score (nSPS) is 11.4. The van der Waals surface area contributed by atoms with Gasteiger partial charge in [0.2, 0.25) is 0 Å². The van der Waals surface area contributed by atoms with Crippen molar-refractivity contribution in [2.45, 2.75) is 51.9 Å². The van der Waals surface area contributed by atoms with E-state index in [2.05, 4.69) is 75.5 Å².